The van der Waals surface area contributed by atoms with Gasteiger partial charge in [0.05, 0.1) is 0 Å². The number of nitrogens with zero attached hydrogens (tertiary/aromatic N) is 2. The van der Waals surface area contributed by atoms with Gasteiger partial charge in [0.2, 0.25) is 5.95 Å². The van der Waals surface area contributed by atoms with E-state index in [4.69, 9.17) is 5.73 Å². The van der Waals surface area contributed by atoms with E-state index in [1.807, 2.05) is 31.2 Å². The van der Waals surface area contributed by atoms with Gasteiger partial charge in [-0.15, -0.1) is 0 Å². The second-order valence-electron chi connectivity index (χ2n) is 9.92. The van der Waals surface area contributed by atoms with Gasteiger partial charge in [0.15, 0.2) is 0 Å². The summed E-state index contributed by atoms with van der Waals surface area (Å²) in [4.78, 5) is 18.6. The third-order valence-electron chi connectivity index (χ3n) is 7.76. The van der Waals surface area contributed by atoms with Crippen molar-refractivity contribution >= 4 is 11.7 Å². The van der Waals surface area contributed by atoms with Crippen molar-refractivity contribution in [3.05, 3.63) is 70.7 Å². The summed E-state index contributed by atoms with van der Waals surface area (Å²) in [7, 11) is 2.17. The first-order valence-electron chi connectivity index (χ1n) is 11.5. The number of hydrogen-bond acceptors (Lipinski definition) is 4. The predicted molar refractivity (Wildman–Crippen MR) is 128 cm³/mol. The molecule has 5 nitrogen and oxygen atoms in total. The lowest BCUT2D eigenvalue weighted by Crippen LogP contribution is -2.31. The topological polar surface area (TPSA) is 71.2 Å². The maximum atomic E-state index is 14.9. The van der Waals surface area contributed by atoms with E-state index in [0.29, 0.717) is 23.2 Å². The monoisotopic (exact) mass is 442 g/mol. The molecule has 3 aromatic rings. The molecule has 3 heterocycles. The number of likely N-dealkylation sites (N-methyl/N-ethyl adjacent to an activating group) is 1. The Balaban J connectivity index is 1.39. The van der Waals surface area contributed by atoms with E-state index in [0.717, 1.165) is 47.7 Å². The number of nitrogens with two attached hydrogens (primary N) is 1. The first kappa shape index (κ1) is 20.4. The van der Waals surface area contributed by atoms with Crippen LogP contribution in [0.25, 0.3) is 22.3 Å². The number of hydrogen-bond donors (Lipinski definition) is 2. The molecule has 6 heteroatoms. The molecule has 1 saturated heterocycles. The molecule has 2 aromatic carbocycles. The lowest BCUT2D eigenvalue weighted by atomic mass is 9.90. The predicted octanol–water partition coefficient (Wildman–Crippen LogP) is 3.93. The van der Waals surface area contributed by atoms with E-state index in [1.54, 1.807) is 6.07 Å². The molecule has 0 unspecified atom stereocenters. The fourth-order valence-corrected chi connectivity index (χ4v) is 5.95. The number of nitrogens with one attached hydrogen (secondary N) is 1. The standard InChI is InChI=1S/C27H27FN4O/c1-15-9-22-17(7-8-30-26(22)33)10-20(15)23-11-21(24(28)31-25(23)29)16-3-5-18(6-4-16)27-12-19(27)13-32(2)14-27/h3-6,9-11,19H,7-8,12-14H2,1-2H3,(H2,29,31)(H,30,33)/t19-,27+/m0/s1. The molecule has 2 atom stereocenters. The number of fused-ring (bicyclic) bond motifs is 2. The smallest absolute Gasteiger partial charge is 0.251 e. The Bertz CT molecular complexity index is 1300. The summed E-state index contributed by atoms with van der Waals surface area (Å²) in [6.45, 7) is 4.80. The van der Waals surface area contributed by atoms with E-state index < -0.39 is 5.95 Å². The number of aromatic nitrogens is 1. The van der Waals surface area contributed by atoms with Crippen LogP contribution in [-0.4, -0.2) is 42.5 Å². The average molecular weight is 443 g/mol. The quantitative estimate of drug-likeness (QED) is 0.603. The largest absolute Gasteiger partial charge is 0.383 e. The Labute approximate surface area is 192 Å². The van der Waals surface area contributed by atoms with Crippen LogP contribution in [0.4, 0.5) is 10.2 Å². The Kier molecular flexibility index (Phi) is 4.40. The number of likely N-dealkylation sites (tertiary alicyclic amines) is 1. The van der Waals surface area contributed by atoms with Gasteiger partial charge in [-0.2, -0.15) is 4.39 Å². The zero-order valence-electron chi connectivity index (χ0n) is 18.9. The second kappa shape index (κ2) is 7.12. The Morgan fingerprint density at radius 2 is 1.91 bits per heavy atom. The molecule has 3 aliphatic rings. The number of amides is 1. The van der Waals surface area contributed by atoms with E-state index in [9.17, 15) is 9.18 Å². The molecule has 6 rings (SSSR count). The molecule has 33 heavy (non-hydrogen) atoms. The summed E-state index contributed by atoms with van der Waals surface area (Å²) < 4.78 is 14.9. The van der Waals surface area contributed by atoms with Gasteiger partial charge < -0.3 is 16.0 Å². The minimum Gasteiger partial charge on any atom is -0.383 e. The summed E-state index contributed by atoms with van der Waals surface area (Å²) in [5, 5.41) is 2.88. The van der Waals surface area contributed by atoms with E-state index in [2.05, 4.69) is 34.4 Å². The van der Waals surface area contributed by atoms with Gasteiger partial charge in [0.1, 0.15) is 5.82 Å². The summed E-state index contributed by atoms with van der Waals surface area (Å²) >= 11 is 0. The molecule has 0 bridgehead atoms. The van der Waals surface area contributed by atoms with Crippen molar-refractivity contribution in [2.45, 2.75) is 25.2 Å². The molecule has 168 valence electrons. The normalized spacial score (nSPS) is 23.7. The minimum atomic E-state index is -0.568. The van der Waals surface area contributed by atoms with Crippen LogP contribution >= 0.6 is 0 Å². The number of nitrogen functional groups attached to an aromatic ring is 1. The SMILES string of the molecule is Cc1cc2c(cc1-c1cc(-c3ccc([C@]45C[C@H]4CN(C)C5)cc3)c(F)nc1N)CCNC2=O. The van der Waals surface area contributed by atoms with Crippen molar-refractivity contribution in [1.29, 1.82) is 0 Å². The number of aryl methyl sites for hydroxylation is 1. The third kappa shape index (κ3) is 3.16. The molecule has 2 fully saturated rings. The third-order valence-corrected chi connectivity index (χ3v) is 7.76. The molecule has 1 aliphatic carbocycles. The number of carbonyl (C=O) groups excluding carboxylic acids is 1. The summed E-state index contributed by atoms with van der Waals surface area (Å²) in [6, 6.07) is 14.0. The van der Waals surface area contributed by atoms with E-state index >= 15 is 0 Å². The maximum absolute atomic E-state index is 14.9. The Morgan fingerprint density at radius 1 is 1.12 bits per heavy atom. The number of benzene rings is 2. The fourth-order valence-electron chi connectivity index (χ4n) is 5.95. The molecule has 1 amide bonds. The first-order valence-corrected chi connectivity index (χ1v) is 11.5. The zero-order chi connectivity index (χ0) is 22.9. The number of rotatable bonds is 3. The molecule has 2 aliphatic heterocycles. The van der Waals surface area contributed by atoms with Gasteiger partial charge in [-0.05, 0) is 78.7 Å². The van der Waals surface area contributed by atoms with Crippen LogP contribution in [0.15, 0.2) is 42.5 Å². The van der Waals surface area contributed by atoms with Gasteiger partial charge in [0, 0.05) is 41.7 Å². The minimum absolute atomic E-state index is 0.0530. The molecular weight excluding hydrogens is 415 g/mol. The van der Waals surface area contributed by atoms with Gasteiger partial charge in [-0.3, -0.25) is 4.79 Å². The highest BCUT2D eigenvalue weighted by Gasteiger charge is 2.59. The van der Waals surface area contributed by atoms with Crippen molar-refractivity contribution in [3.63, 3.8) is 0 Å². The number of piperidine rings is 1. The lowest BCUT2D eigenvalue weighted by Gasteiger charge is -2.20. The van der Waals surface area contributed by atoms with Crippen LogP contribution in [0.3, 0.4) is 0 Å². The highest BCUT2D eigenvalue weighted by Crippen LogP contribution is 2.58. The maximum Gasteiger partial charge on any atom is 0.251 e. The van der Waals surface area contributed by atoms with Crippen molar-refractivity contribution in [1.82, 2.24) is 15.2 Å². The van der Waals surface area contributed by atoms with Gasteiger partial charge in [-0.25, -0.2) is 4.98 Å². The number of carbonyl (C=O) groups is 1. The summed E-state index contributed by atoms with van der Waals surface area (Å²) in [5.41, 5.74) is 13.2. The molecule has 0 radical (unpaired) electrons. The van der Waals surface area contributed by atoms with Gasteiger partial charge >= 0.3 is 0 Å². The number of halogens is 1. The van der Waals surface area contributed by atoms with Crippen molar-refractivity contribution in [2.75, 3.05) is 32.4 Å². The van der Waals surface area contributed by atoms with Crippen LogP contribution in [0, 0.1) is 18.8 Å². The Hall–Kier alpha value is -3.25. The van der Waals surface area contributed by atoms with Crippen LogP contribution < -0.4 is 11.1 Å². The summed E-state index contributed by atoms with van der Waals surface area (Å²) in [5.74, 6) is 0.276. The lowest BCUT2D eigenvalue weighted by molar-refractivity contribution is 0.0946. The van der Waals surface area contributed by atoms with E-state index in [1.165, 1.54) is 12.0 Å². The first-order chi connectivity index (χ1) is 15.9. The number of anilines is 1. The van der Waals surface area contributed by atoms with E-state index in [-0.39, 0.29) is 17.1 Å². The zero-order valence-corrected chi connectivity index (χ0v) is 18.9. The molecule has 1 saturated carbocycles. The van der Waals surface area contributed by atoms with Crippen LogP contribution in [0.5, 0.6) is 0 Å². The molecule has 0 spiro atoms. The highest BCUT2D eigenvalue weighted by atomic mass is 19.1. The number of pyridine rings is 1. The average Bonchev–Trinajstić information content (AvgIpc) is 3.36. The van der Waals surface area contributed by atoms with Crippen molar-refractivity contribution in [2.24, 2.45) is 5.92 Å². The highest BCUT2D eigenvalue weighted by molar-refractivity contribution is 5.98. The van der Waals surface area contributed by atoms with Crippen molar-refractivity contribution < 1.29 is 9.18 Å². The van der Waals surface area contributed by atoms with Crippen molar-refractivity contribution in [3.8, 4) is 22.3 Å². The molecule has 1 aromatic heterocycles. The summed E-state index contributed by atoms with van der Waals surface area (Å²) in [6.07, 6.45) is 2.00. The molecule has 3 N–H and O–H groups in total. The van der Waals surface area contributed by atoms with Crippen LogP contribution in [0.2, 0.25) is 0 Å². The Morgan fingerprint density at radius 3 is 2.64 bits per heavy atom. The molecular formula is C27H27FN4O. The van der Waals surface area contributed by atoms with Gasteiger partial charge in [0.25, 0.3) is 5.91 Å². The van der Waals surface area contributed by atoms with Crippen LogP contribution in [0.1, 0.15) is 33.5 Å². The fraction of sp³-hybridized carbons (Fsp3) is 0.333. The second-order valence-corrected chi connectivity index (χ2v) is 9.92. The van der Waals surface area contributed by atoms with Crippen LogP contribution in [-0.2, 0) is 11.8 Å². The van der Waals surface area contributed by atoms with Gasteiger partial charge in [-0.1, -0.05) is 24.3 Å².